The Morgan fingerprint density at radius 3 is 3.00 bits per heavy atom. The third-order valence-corrected chi connectivity index (χ3v) is 3.22. The van der Waals surface area contributed by atoms with Gasteiger partial charge in [0.15, 0.2) is 0 Å². The van der Waals surface area contributed by atoms with Crippen LogP contribution in [0.15, 0.2) is 59.5 Å². The van der Waals surface area contributed by atoms with Crippen LogP contribution in [-0.2, 0) is 13.1 Å². The third-order valence-electron chi connectivity index (χ3n) is 3.22. The monoisotopic (exact) mass is 267 g/mol. The Morgan fingerprint density at radius 1 is 1.25 bits per heavy atom. The maximum atomic E-state index is 5.32. The van der Waals surface area contributed by atoms with Gasteiger partial charge in [-0.1, -0.05) is 12.1 Å². The van der Waals surface area contributed by atoms with Crippen molar-refractivity contribution in [1.82, 2.24) is 9.55 Å². The molecule has 0 aliphatic heterocycles. The molecule has 0 bridgehead atoms. The minimum absolute atomic E-state index is 0.679. The Labute approximate surface area is 118 Å². The Morgan fingerprint density at radius 2 is 2.20 bits per heavy atom. The number of nitrogens with one attached hydrogen (secondary N) is 1. The predicted molar refractivity (Wildman–Crippen MR) is 79.4 cm³/mol. The number of rotatable bonds is 5. The number of hydrogen-bond donors (Lipinski definition) is 1. The Bertz CT molecular complexity index is 671. The van der Waals surface area contributed by atoms with Crippen LogP contribution in [0.3, 0.4) is 0 Å². The summed E-state index contributed by atoms with van der Waals surface area (Å²) in [5, 5.41) is 3.36. The van der Waals surface area contributed by atoms with Crippen molar-refractivity contribution in [2.45, 2.75) is 20.0 Å². The molecule has 0 amide bonds. The Kier molecular flexibility index (Phi) is 3.54. The first-order chi connectivity index (χ1) is 9.86. The van der Waals surface area contributed by atoms with Gasteiger partial charge in [-0.15, -0.1) is 0 Å². The topological polar surface area (TPSA) is 43.0 Å². The number of aromatic nitrogens is 2. The van der Waals surface area contributed by atoms with Gasteiger partial charge >= 0.3 is 0 Å². The Balaban J connectivity index is 1.79. The van der Waals surface area contributed by atoms with E-state index in [9.17, 15) is 0 Å². The lowest BCUT2D eigenvalue weighted by molar-refractivity contribution is 0.518. The van der Waals surface area contributed by atoms with E-state index in [1.54, 1.807) is 6.26 Å². The highest BCUT2D eigenvalue weighted by Gasteiger charge is 2.05. The summed E-state index contributed by atoms with van der Waals surface area (Å²) in [6.45, 7) is 3.71. The van der Waals surface area contributed by atoms with Crippen LogP contribution >= 0.6 is 0 Å². The molecule has 0 aliphatic rings. The third kappa shape index (κ3) is 2.59. The van der Waals surface area contributed by atoms with Crippen LogP contribution in [0.4, 0.5) is 5.69 Å². The molecule has 3 rings (SSSR count). The van der Waals surface area contributed by atoms with Gasteiger partial charge in [0.05, 0.1) is 12.8 Å². The van der Waals surface area contributed by atoms with Crippen molar-refractivity contribution in [1.29, 1.82) is 0 Å². The second-order valence-electron chi connectivity index (χ2n) is 4.55. The van der Waals surface area contributed by atoms with E-state index in [1.807, 2.05) is 36.7 Å². The molecule has 0 spiro atoms. The van der Waals surface area contributed by atoms with Crippen LogP contribution < -0.4 is 5.32 Å². The summed E-state index contributed by atoms with van der Waals surface area (Å²) in [5.41, 5.74) is 2.17. The molecular formula is C16H17N3O. The second-order valence-corrected chi connectivity index (χ2v) is 4.55. The van der Waals surface area contributed by atoms with Crippen molar-refractivity contribution < 1.29 is 4.42 Å². The molecule has 0 radical (unpaired) electrons. The van der Waals surface area contributed by atoms with Crippen LogP contribution in [0.2, 0.25) is 0 Å². The fourth-order valence-electron chi connectivity index (χ4n) is 2.20. The minimum Gasteiger partial charge on any atom is -0.467 e. The molecule has 102 valence electrons. The number of aryl methyl sites for hydroxylation is 1. The summed E-state index contributed by atoms with van der Waals surface area (Å²) in [6.07, 6.45) is 5.52. The maximum absolute atomic E-state index is 5.32. The molecule has 2 aromatic heterocycles. The van der Waals surface area contributed by atoms with Crippen molar-refractivity contribution in [3.8, 4) is 11.4 Å². The van der Waals surface area contributed by atoms with E-state index < -0.39 is 0 Å². The lowest BCUT2D eigenvalue weighted by Gasteiger charge is -2.08. The van der Waals surface area contributed by atoms with Gasteiger partial charge in [0.25, 0.3) is 0 Å². The molecule has 4 nitrogen and oxygen atoms in total. The normalized spacial score (nSPS) is 10.7. The highest BCUT2D eigenvalue weighted by Crippen LogP contribution is 2.21. The SMILES string of the molecule is CCn1ccnc1-c1cccc(NCc2ccco2)c1. The van der Waals surface area contributed by atoms with E-state index in [4.69, 9.17) is 4.42 Å². The van der Waals surface area contributed by atoms with E-state index in [2.05, 4.69) is 33.9 Å². The molecule has 0 fully saturated rings. The average Bonchev–Trinajstić information content (AvgIpc) is 3.16. The first kappa shape index (κ1) is 12.5. The zero-order valence-corrected chi connectivity index (χ0v) is 11.4. The zero-order valence-electron chi connectivity index (χ0n) is 11.4. The molecule has 0 aliphatic carbocycles. The number of benzene rings is 1. The molecule has 20 heavy (non-hydrogen) atoms. The summed E-state index contributed by atoms with van der Waals surface area (Å²) >= 11 is 0. The fourth-order valence-corrected chi connectivity index (χ4v) is 2.20. The molecule has 0 atom stereocenters. The van der Waals surface area contributed by atoms with Crippen LogP contribution in [-0.4, -0.2) is 9.55 Å². The molecule has 0 saturated heterocycles. The summed E-state index contributed by atoms with van der Waals surface area (Å²) in [4.78, 5) is 4.43. The smallest absolute Gasteiger partial charge is 0.139 e. The molecule has 2 heterocycles. The van der Waals surface area contributed by atoms with Crippen molar-refractivity contribution in [3.05, 3.63) is 60.8 Å². The number of hydrogen-bond acceptors (Lipinski definition) is 3. The molecular weight excluding hydrogens is 250 g/mol. The van der Waals surface area contributed by atoms with Crippen LogP contribution in [0.5, 0.6) is 0 Å². The number of imidazole rings is 1. The van der Waals surface area contributed by atoms with Gasteiger partial charge in [-0.05, 0) is 31.2 Å². The van der Waals surface area contributed by atoms with E-state index in [1.165, 1.54) is 0 Å². The van der Waals surface area contributed by atoms with Crippen molar-refractivity contribution in [2.75, 3.05) is 5.32 Å². The van der Waals surface area contributed by atoms with Gasteiger partial charge in [0.1, 0.15) is 11.6 Å². The maximum Gasteiger partial charge on any atom is 0.139 e. The lowest BCUT2D eigenvalue weighted by atomic mass is 10.2. The van der Waals surface area contributed by atoms with Gasteiger partial charge < -0.3 is 14.3 Å². The quantitative estimate of drug-likeness (QED) is 0.765. The standard InChI is InChI=1S/C16H17N3O/c1-2-19-9-8-17-16(19)13-5-3-6-14(11-13)18-12-15-7-4-10-20-15/h3-11,18H,2,12H2,1H3. The number of anilines is 1. The molecule has 3 aromatic rings. The second kappa shape index (κ2) is 5.65. The van der Waals surface area contributed by atoms with Gasteiger partial charge in [0.2, 0.25) is 0 Å². The van der Waals surface area contributed by atoms with Crippen LogP contribution in [0.25, 0.3) is 11.4 Å². The van der Waals surface area contributed by atoms with Crippen LogP contribution in [0, 0.1) is 0 Å². The lowest BCUT2D eigenvalue weighted by Crippen LogP contribution is -1.99. The summed E-state index contributed by atoms with van der Waals surface area (Å²) in [6, 6.07) is 12.1. The molecule has 1 N–H and O–H groups in total. The van der Waals surface area contributed by atoms with Crippen molar-refractivity contribution in [3.63, 3.8) is 0 Å². The average molecular weight is 267 g/mol. The summed E-state index contributed by atoms with van der Waals surface area (Å²) < 4.78 is 7.45. The molecule has 1 aromatic carbocycles. The largest absolute Gasteiger partial charge is 0.467 e. The van der Waals surface area contributed by atoms with Crippen LogP contribution in [0.1, 0.15) is 12.7 Å². The highest BCUT2D eigenvalue weighted by atomic mass is 16.3. The zero-order chi connectivity index (χ0) is 13.8. The first-order valence-corrected chi connectivity index (χ1v) is 6.74. The minimum atomic E-state index is 0.679. The molecule has 0 unspecified atom stereocenters. The molecule has 0 saturated carbocycles. The number of nitrogens with zero attached hydrogens (tertiary/aromatic N) is 2. The van der Waals surface area contributed by atoms with Gasteiger partial charge in [-0.25, -0.2) is 4.98 Å². The Hall–Kier alpha value is -2.49. The predicted octanol–water partition coefficient (Wildman–Crippen LogP) is 3.78. The van der Waals surface area contributed by atoms with E-state index in [-0.39, 0.29) is 0 Å². The first-order valence-electron chi connectivity index (χ1n) is 6.74. The molecule has 4 heteroatoms. The van der Waals surface area contributed by atoms with E-state index in [0.717, 1.165) is 29.4 Å². The van der Waals surface area contributed by atoms with Crippen molar-refractivity contribution >= 4 is 5.69 Å². The van der Waals surface area contributed by atoms with Gasteiger partial charge in [-0.3, -0.25) is 0 Å². The van der Waals surface area contributed by atoms with Gasteiger partial charge in [-0.2, -0.15) is 0 Å². The van der Waals surface area contributed by atoms with Crippen molar-refractivity contribution in [2.24, 2.45) is 0 Å². The van der Waals surface area contributed by atoms with E-state index >= 15 is 0 Å². The summed E-state index contributed by atoms with van der Waals surface area (Å²) in [7, 11) is 0. The fraction of sp³-hybridized carbons (Fsp3) is 0.188. The number of furan rings is 1. The van der Waals surface area contributed by atoms with E-state index in [0.29, 0.717) is 6.54 Å². The summed E-state index contributed by atoms with van der Waals surface area (Å²) in [5.74, 6) is 1.92. The van der Waals surface area contributed by atoms with Gasteiger partial charge in [0, 0.05) is 30.2 Å². The highest BCUT2D eigenvalue weighted by molar-refractivity contribution is 5.62.